The number of likely N-dealkylation sites (tertiary alicyclic amines) is 1. The second-order valence-electron chi connectivity index (χ2n) is 7.32. The third-order valence-electron chi connectivity index (χ3n) is 4.57. The normalized spacial score (nSPS) is 25.0. The van der Waals surface area contributed by atoms with Crippen LogP contribution in [0.3, 0.4) is 0 Å². The molecule has 2 saturated heterocycles. The zero-order valence-electron chi connectivity index (χ0n) is 13.8. The third kappa shape index (κ3) is 4.67. The molecule has 2 aliphatic heterocycles. The van der Waals surface area contributed by atoms with Crippen molar-refractivity contribution in [2.75, 3.05) is 25.4 Å². The van der Waals surface area contributed by atoms with Crippen molar-refractivity contribution in [2.45, 2.75) is 52.0 Å². The van der Waals surface area contributed by atoms with E-state index in [1.807, 2.05) is 0 Å². The number of carbonyl (C=O) groups excluding carboxylic acids is 1. The van der Waals surface area contributed by atoms with Crippen LogP contribution in [0.4, 0.5) is 0 Å². The number of hydrogen-bond acceptors (Lipinski definition) is 4. The van der Waals surface area contributed by atoms with Crippen LogP contribution in [0.25, 0.3) is 0 Å². The summed E-state index contributed by atoms with van der Waals surface area (Å²) in [5.41, 5.74) is -0.601. The Balaban J connectivity index is 1.98. The summed E-state index contributed by atoms with van der Waals surface area (Å²) in [6.07, 6.45) is 2.43. The van der Waals surface area contributed by atoms with Crippen molar-refractivity contribution in [3.8, 4) is 0 Å². The van der Waals surface area contributed by atoms with Crippen LogP contribution < -0.4 is 0 Å². The molecule has 0 bridgehead atoms. The quantitative estimate of drug-likeness (QED) is 0.771. The van der Waals surface area contributed by atoms with Crippen molar-refractivity contribution in [1.29, 1.82) is 0 Å². The van der Waals surface area contributed by atoms with Gasteiger partial charge in [0, 0.05) is 32.1 Å². The number of nitrogens with zero attached hydrogens (tertiary/aromatic N) is 2. The molecule has 0 unspecified atom stereocenters. The van der Waals surface area contributed by atoms with Crippen LogP contribution >= 0.6 is 0 Å². The van der Waals surface area contributed by atoms with Crippen molar-refractivity contribution in [3.05, 3.63) is 0 Å². The number of carboxylic acid groups (broad SMARTS) is 1. The second-order valence-corrected chi connectivity index (χ2v) is 9.41. The van der Waals surface area contributed by atoms with Crippen LogP contribution in [0.15, 0.2) is 0 Å². The minimum Gasteiger partial charge on any atom is -0.481 e. The van der Waals surface area contributed by atoms with Gasteiger partial charge in [-0.1, -0.05) is 13.8 Å². The molecule has 0 radical (unpaired) electrons. The van der Waals surface area contributed by atoms with Crippen molar-refractivity contribution in [2.24, 2.45) is 5.41 Å². The number of rotatable bonds is 6. The Labute approximate surface area is 137 Å². The van der Waals surface area contributed by atoms with Gasteiger partial charge < -0.3 is 10.0 Å². The molecule has 1 N–H and O–H groups in total. The molecule has 2 heterocycles. The van der Waals surface area contributed by atoms with Crippen LogP contribution in [-0.4, -0.2) is 66.0 Å². The van der Waals surface area contributed by atoms with E-state index in [1.165, 1.54) is 4.31 Å². The fourth-order valence-electron chi connectivity index (χ4n) is 3.47. The molecule has 23 heavy (non-hydrogen) atoms. The summed E-state index contributed by atoms with van der Waals surface area (Å²) in [4.78, 5) is 25.2. The molecule has 1 amide bonds. The molecule has 0 aromatic carbocycles. The van der Waals surface area contributed by atoms with Gasteiger partial charge in [0.05, 0.1) is 12.2 Å². The molecule has 0 aromatic heterocycles. The molecular weight excluding hydrogens is 320 g/mol. The lowest BCUT2D eigenvalue weighted by Gasteiger charge is -2.31. The Morgan fingerprint density at radius 1 is 1.17 bits per heavy atom. The van der Waals surface area contributed by atoms with Crippen molar-refractivity contribution >= 4 is 21.9 Å². The van der Waals surface area contributed by atoms with Gasteiger partial charge in [0.15, 0.2) is 0 Å². The van der Waals surface area contributed by atoms with Crippen molar-refractivity contribution in [1.82, 2.24) is 9.21 Å². The van der Waals surface area contributed by atoms with Crippen molar-refractivity contribution in [3.63, 3.8) is 0 Å². The van der Waals surface area contributed by atoms with E-state index in [0.717, 1.165) is 12.8 Å². The summed E-state index contributed by atoms with van der Waals surface area (Å²) in [6.45, 7) is 5.07. The second kappa shape index (κ2) is 6.76. The Morgan fingerprint density at radius 2 is 1.87 bits per heavy atom. The maximum atomic E-state index is 12.6. The van der Waals surface area contributed by atoms with E-state index < -0.39 is 21.4 Å². The molecule has 0 aromatic rings. The zero-order chi connectivity index (χ0) is 17.3. The molecule has 132 valence electrons. The van der Waals surface area contributed by atoms with E-state index in [0.29, 0.717) is 26.1 Å². The summed E-state index contributed by atoms with van der Waals surface area (Å²) in [6, 6.07) is -0.0870. The van der Waals surface area contributed by atoms with Gasteiger partial charge in [0.2, 0.25) is 15.9 Å². The fourth-order valence-corrected chi connectivity index (χ4v) is 5.03. The smallest absolute Gasteiger partial charge is 0.303 e. The van der Waals surface area contributed by atoms with Gasteiger partial charge in [0.1, 0.15) is 0 Å². The summed E-state index contributed by atoms with van der Waals surface area (Å²) in [5.74, 6) is -0.793. The SMILES string of the molecule is CC(C)(CC(=O)O)CC(=O)N1CCC[C@@H]1CN1CCCS1(=O)=O. The highest BCUT2D eigenvalue weighted by Gasteiger charge is 2.37. The predicted molar refractivity (Wildman–Crippen MR) is 85.4 cm³/mol. The fraction of sp³-hybridized carbons (Fsp3) is 0.867. The summed E-state index contributed by atoms with van der Waals surface area (Å²) in [7, 11) is -3.16. The molecule has 0 spiro atoms. The molecule has 0 aliphatic carbocycles. The van der Waals surface area contributed by atoms with Gasteiger partial charge >= 0.3 is 5.97 Å². The monoisotopic (exact) mass is 346 g/mol. The Morgan fingerprint density at radius 3 is 2.43 bits per heavy atom. The van der Waals surface area contributed by atoms with E-state index in [1.54, 1.807) is 18.7 Å². The minimum atomic E-state index is -3.16. The molecular formula is C15H26N2O5S. The molecule has 2 aliphatic rings. The van der Waals surface area contributed by atoms with E-state index in [-0.39, 0.29) is 30.5 Å². The molecule has 0 saturated carbocycles. The Bertz CT molecular complexity index is 572. The Kier molecular flexibility index (Phi) is 5.35. The van der Waals surface area contributed by atoms with E-state index in [9.17, 15) is 18.0 Å². The topological polar surface area (TPSA) is 95.0 Å². The highest BCUT2D eigenvalue weighted by atomic mass is 32.2. The average molecular weight is 346 g/mol. The lowest BCUT2D eigenvalue weighted by Crippen LogP contribution is -2.44. The summed E-state index contributed by atoms with van der Waals surface area (Å²) < 4.78 is 25.4. The van der Waals surface area contributed by atoms with Gasteiger partial charge in [0.25, 0.3) is 0 Å². The molecule has 1 atom stereocenters. The highest BCUT2D eigenvalue weighted by molar-refractivity contribution is 7.89. The maximum absolute atomic E-state index is 12.6. The largest absolute Gasteiger partial charge is 0.481 e. The molecule has 2 fully saturated rings. The highest BCUT2D eigenvalue weighted by Crippen LogP contribution is 2.29. The molecule has 2 rings (SSSR count). The lowest BCUT2D eigenvalue weighted by molar-refractivity contribution is -0.141. The third-order valence-corrected chi connectivity index (χ3v) is 6.50. The van der Waals surface area contributed by atoms with Crippen LogP contribution in [0.5, 0.6) is 0 Å². The lowest BCUT2D eigenvalue weighted by atomic mass is 9.85. The van der Waals surface area contributed by atoms with Gasteiger partial charge in [-0.25, -0.2) is 8.42 Å². The predicted octanol–water partition coefficient (Wildman–Crippen LogP) is 0.904. The first-order valence-electron chi connectivity index (χ1n) is 8.10. The van der Waals surface area contributed by atoms with Crippen LogP contribution in [0.1, 0.15) is 46.0 Å². The maximum Gasteiger partial charge on any atom is 0.303 e. The number of hydrogen-bond donors (Lipinski definition) is 1. The standard InChI is InChI=1S/C15H26N2O5S/c1-15(2,10-14(19)20)9-13(18)17-7-3-5-12(17)11-16-6-4-8-23(16,21)22/h12H,3-11H2,1-2H3,(H,19,20)/t12-/m1/s1. The van der Waals surface area contributed by atoms with Crippen LogP contribution in [0, 0.1) is 5.41 Å². The number of carboxylic acids is 1. The molecule has 7 nitrogen and oxygen atoms in total. The number of aliphatic carboxylic acids is 1. The van der Waals surface area contributed by atoms with E-state index in [4.69, 9.17) is 5.11 Å². The number of amides is 1. The van der Waals surface area contributed by atoms with E-state index in [2.05, 4.69) is 0 Å². The number of carbonyl (C=O) groups is 2. The van der Waals surface area contributed by atoms with E-state index >= 15 is 0 Å². The van der Waals surface area contributed by atoms with Crippen LogP contribution in [-0.2, 0) is 19.6 Å². The number of sulfonamides is 1. The van der Waals surface area contributed by atoms with Crippen LogP contribution in [0.2, 0.25) is 0 Å². The van der Waals surface area contributed by atoms with Gasteiger partial charge in [-0.2, -0.15) is 4.31 Å². The minimum absolute atomic E-state index is 0.0578. The Hall–Kier alpha value is -1.15. The average Bonchev–Trinajstić information content (AvgIpc) is 2.95. The zero-order valence-corrected chi connectivity index (χ0v) is 14.6. The summed E-state index contributed by atoms with van der Waals surface area (Å²) in [5, 5.41) is 8.93. The molecule has 8 heteroatoms. The first-order chi connectivity index (χ1) is 10.6. The van der Waals surface area contributed by atoms with Gasteiger partial charge in [-0.05, 0) is 24.7 Å². The summed E-state index contributed by atoms with van der Waals surface area (Å²) >= 11 is 0. The van der Waals surface area contributed by atoms with Gasteiger partial charge in [-0.15, -0.1) is 0 Å². The van der Waals surface area contributed by atoms with Gasteiger partial charge in [-0.3, -0.25) is 9.59 Å². The first-order valence-corrected chi connectivity index (χ1v) is 9.71. The first kappa shape index (κ1) is 18.2. The van der Waals surface area contributed by atoms with Crippen molar-refractivity contribution < 1.29 is 23.1 Å².